The van der Waals surface area contributed by atoms with Crippen LogP contribution in [0.3, 0.4) is 0 Å². The molecule has 0 radical (unpaired) electrons. The van der Waals surface area contributed by atoms with Crippen molar-refractivity contribution in [2.45, 2.75) is 32.0 Å². The van der Waals surface area contributed by atoms with E-state index in [9.17, 15) is 22.4 Å². The van der Waals surface area contributed by atoms with Crippen molar-refractivity contribution in [1.29, 1.82) is 0 Å². The Labute approximate surface area is 131 Å². The minimum absolute atomic E-state index is 0. The van der Waals surface area contributed by atoms with Gasteiger partial charge in [0.2, 0.25) is 5.91 Å². The van der Waals surface area contributed by atoms with E-state index in [1.807, 2.05) is 0 Å². The van der Waals surface area contributed by atoms with Gasteiger partial charge < -0.3 is 15.8 Å². The number of hydrogen-bond acceptors (Lipinski definition) is 3. The summed E-state index contributed by atoms with van der Waals surface area (Å²) < 4.78 is 54.1. The first-order chi connectivity index (χ1) is 9.67. The smallest absolute Gasteiger partial charge is 0.422 e. The number of halogens is 5. The molecule has 3 N–H and O–H groups in total. The van der Waals surface area contributed by atoms with Crippen molar-refractivity contribution >= 4 is 24.0 Å². The van der Waals surface area contributed by atoms with Crippen LogP contribution in [-0.2, 0) is 4.79 Å². The van der Waals surface area contributed by atoms with Crippen LogP contribution in [0, 0.1) is 5.82 Å². The van der Waals surface area contributed by atoms with E-state index in [4.69, 9.17) is 5.73 Å². The van der Waals surface area contributed by atoms with Crippen molar-refractivity contribution in [2.24, 2.45) is 5.73 Å². The molecule has 1 aromatic rings. The third-order valence-electron chi connectivity index (χ3n) is 2.43. The molecule has 0 aliphatic rings. The normalized spacial score (nSPS) is 12.3. The number of amides is 1. The second-order valence-corrected chi connectivity index (χ2v) is 4.61. The van der Waals surface area contributed by atoms with Crippen LogP contribution in [0.25, 0.3) is 0 Å². The Kier molecular flexibility index (Phi) is 8.18. The summed E-state index contributed by atoms with van der Waals surface area (Å²) >= 11 is 0. The van der Waals surface area contributed by atoms with Gasteiger partial charge >= 0.3 is 6.18 Å². The molecule has 0 bridgehead atoms. The quantitative estimate of drug-likeness (QED) is 0.779. The van der Waals surface area contributed by atoms with E-state index in [0.717, 1.165) is 18.2 Å². The maximum absolute atomic E-state index is 13.1. The van der Waals surface area contributed by atoms with E-state index in [1.54, 1.807) is 6.92 Å². The molecule has 0 spiro atoms. The number of benzene rings is 1. The van der Waals surface area contributed by atoms with E-state index in [-0.39, 0.29) is 36.3 Å². The second-order valence-electron chi connectivity index (χ2n) is 4.61. The summed E-state index contributed by atoms with van der Waals surface area (Å²) in [6.07, 6.45) is -4.04. The molecular weight excluding hydrogens is 328 g/mol. The molecule has 1 atom stereocenters. The Morgan fingerprint density at radius 2 is 2.05 bits per heavy atom. The number of carbonyl (C=O) groups is 1. The number of nitrogens with one attached hydrogen (secondary N) is 1. The number of carbonyl (C=O) groups excluding carboxylic acids is 1. The van der Waals surface area contributed by atoms with E-state index < -0.39 is 24.5 Å². The minimum atomic E-state index is -4.52. The molecule has 0 fully saturated rings. The highest BCUT2D eigenvalue weighted by atomic mass is 35.5. The van der Waals surface area contributed by atoms with Gasteiger partial charge in [-0.15, -0.1) is 12.4 Å². The number of nitrogens with two attached hydrogens (primary N) is 1. The molecule has 0 saturated heterocycles. The lowest BCUT2D eigenvalue weighted by Crippen LogP contribution is -2.21. The van der Waals surface area contributed by atoms with Crippen molar-refractivity contribution in [1.82, 2.24) is 0 Å². The number of hydrogen-bond donors (Lipinski definition) is 2. The van der Waals surface area contributed by atoms with Gasteiger partial charge in [-0.3, -0.25) is 4.79 Å². The first-order valence-corrected chi connectivity index (χ1v) is 6.22. The minimum Gasteiger partial charge on any atom is -0.482 e. The highest BCUT2D eigenvalue weighted by Crippen LogP contribution is 2.27. The fourth-order valence-electron chi connectivity index (χ4n) is 1.46. The maximum Gasteiger partial charge on any atom is 0.422 e. The Bertz CT molecular complexity index is 495. The van der Waals surface area contributed by atoms with E-state index in [0.29, 0.717) is 6.42 Å². The third-order valence-corrected chi connectivity index (χ3v) is 2.43. The Hall–Kier alpha value is -1.54. The van der Waals surface area contributed by atoms with Crippen LogP contribution in [0.15, 0.2) is 18.2 Å². The predicted octanol–water partition coefficient (Wildman–Crippen LogP) is 3.25. The number of rotatable bonds is 6. The van der Waals surface area contributed by atoms with Gasteiger partial charge in [-0.2, -0.15) is 13.2 Å². The molecule has 1 unspecified atom stereocenters. The fraction of sp³-hybridized carbons (Fsp3) is 0.462. The lowest BCUT2D eigenvalue weighted by molar-refractivity contribution is -0.153. The van der Waals surface area contributed by atoms with Crippen molar-refractivity contribution in [2.75, 3.05) is 11.9 Å². The van der Waals surface area contributed by atoms with Gasteiger partial charge in [-0.25, -0.2) is 4.39 Å². The van der Waals surface area contributed by atoms with Crippen molar-refractivity contribution in [3.05, 3.63) is 24.0 Å². The first-order valence-electron chi connectivity index (χ1n) is 6.22. The van der Waals surface area contributed by atoms with Crippen LogP contribution in [0.4, 0.5) is 23.2 Å². The van der Waals surface area contributed by atoms with Crippen LogP contribution < -0.4 is 15.8 Å². The molecule has 0 aliphatic carbocycles. The average Bonchev–Trinajstić information content (AvgIpc) is 2.34. The standard InChI is InChI=1S/C13H16F4N2O2.ClH/c1-8(18)2-5-12(20)19-10-6-9(14)3-4-11(10)21-7-13(15,16)17;/h3-4,6,8H,2,5,7,18H2,1H3,(H,19,20);1H. The SMILES string of the molecule is CC(N)CCC(=O)Nc1cc(F)ccc1OCC(F)(F)F.Cl. The zero-order valence-corrected chi connectivity index (χ0v) is 12.6. The Morgan fingerprint density at radius 3 is 2.59 bits per heavy atom. The molecule has 1 amide bonds. The van der Waals surface area contributed by atoms with Crippen molar-refractivity contribution in [3.63, 3.8) is 0 Å². The summed E-state index contributed by atoms with van der Waals surface area (Å²) in [4.78, 5) is 11.6. The summed E-state index contributed by atoms with van der Waals surface area (Å²) in [6, 6.07) is 2.69. The third kappa shape index (κ3) is 8.04. The molecule has 126 valence electrons. The summed E-state index contributed by atoms with van der Waals surface area (Å²) in [7, 11) is 0. The van der Waals surface area contributed by atoms with E-state index in [1.165, 1.54) is 0 Å². The van der Waals surface area contributed by atoms with Crippen LogP contribution in [0.1, 0.15) is 19.8 Å². The highest BCUT2D eigenvalue weighted by Gasteiger charge is 2.29. The summed E-state index contributed by atoms with van der Waals surface area (Å²) in [5.41, 5.74) is 5.35. The first kappa shape index (κ1) is 20.5. The Morgan fingerprint density at radius 1 is 1.41 bits per heavy atom. The Balaban J connectivity index is 0.00000441. The van der Waals surface area contributed by atoms with Crippen molar-refractivity contribution in [3.8, 4) is 5.75 Å². The molecule has 4 nitrogen and oxygen atoms in total. The fourth-order valence-corrected chi connectivity index (χ4v) is 1.46. The summed E-state index contributed by atoms with van der Waals surface area (Å²) in [5.74, 6) is -1.42. The zero-order valence-electron chi connectivity index (χ0n) is 11.7. The predicted molar refractivity (Wildman–Crippen MR) is 76.7 cm³/mol. The molecule has 0 aliphatic heterocycles. The maximum atomic E-state index is 13.1. The van der Waals surface area contributed by atoms with Crippen LogP contribution >= 0.6 is 12.4 Å². The van der Waals surface area contributed by atoms with Crippen LogP contribution in [-0.4, -0.2) is 24.7 Å². The lowest BCUT2D eigenvalue weighted by Gasteiger charge is -2.14. The largest absolute Gasteiger partial charge is 0.482 e. The second kappa shape index (κ2) is 8.79. The monoisotopic (exact) mass is 344 g/mol. The summed E-state index contributed by atoms with van der Waals surface area (Å²) in [5, 5.41) is 2.32. The molecule has 9 heteroatoms. The molecule has 0 heterocycles. The molecule has 22 heavy (non-hydrogen) atoms. The van der Waals surface area contributed by atoms with Crippen LogP contribution in [0.2, 0.25) is 0 Å². The van der Waals surface area contributed by atoms with E-state index >= 15 is 0 Å². The number of alkyl halides is 3. The average molecular weight is 345 g/mol. The highest BCUT2D eigenvalue weighted by molar-refractivity contribution is 5.92. The van der Waals surface area contributed by atoms with Gasteiger partial charge in [-0.1, -0.05) is 0 Å². The van der Waals surface area contributed by atoms with Gasteiger partial charge in [0.1, 0.15) is 11.6 Å². The van der Waals surface area contributed by atoms with Gasteiger partial charge in [0.05, 0.1) is 5.69 Å². The van der Waals surface area contributed by atoms with E-state index in [2.05, 4.69) is 10.1 Å². The lowest BCUT2D eigenvalue weighted by atomic mass is 10.2. The molecule has 1 aromatic carbocycles. The zero-order chi connectivity index (χ0) is 16.0. The van der Waals surface area contributed by atoms with Crippen molar-refractivity contribution < 1.29 is 27.1 Å². The van der Waals surface area contributed by atoms with Gasteiger partial charge in [0.25, 0.3) is 0 Å². The molecule has 0 aromatic heterocycles. The van der Waals surface area contributed by atoms with Gasteiger partial charge in [0, 0.05) is 18.5 Å². The molecular formula is C13H17ClF4N2O2. The molecule has 0 saturated carbocycles. The topological polar surface area (TPSA) is 64.4 Å². The summed E-state index contributed by atoms with van der Waals surface area (Å²) in [6.45, 7) is 0.189. The van der Waals surface area contributed by atoms with Crippen LogP contribution in [0.5, 0.6) is 5.75 Å². The van der Waals surface area contributed by atoms with Gasteiger partial charge in [-0.05, 0) is 25.5 Å². The van der Waals surface area contributed by atoms with Gasteiger partial charge in [0.15, 0.2) is 6.61 Å². The number of anilines is 1. The molecule has 1 rings (SSSR count). The number of ether oxygens (including phenoxy) is 1.